The predicted octanol–water partition coefficient (Wildman–Crippen LogP) is 0.990. The summed E-state index contributed by atoms with van der Waals surface area (Å²) in [5.41, 5.74) is 0. The standard InChI is InChI=1S/C12H22N2O/c1-9-7-14(8-12(9)13(2)3)10-4-5-11(15)6-10/h9-10,12H,4-8H2,1-3H3. The zero-order valence-corrected chi connectivity index (χ0v) is 10.1. The molecule has 3 atom stereocenters. The Morgan fingerprint density at radius 1 is 1.33 bits per heavy atom. The molecule has 0 spiro atoms. The van der Waals surface area contributed by atoms with Crippen LogP contribution in [0.15, 0.2) is 0 Å². The quantitative estimate of drug-likeness (QED) is 0.679. The Morgan fingerprint density at radius 3 is 2.53 bits per heavy atom. The molecule has 0 aromatic rings. The van der Waals surface area contributed by atoms with Crippen LogP contribution in [0.4, 0.5) is 0 Å². The summed E-state index contributed by atoms with van der Waals surface area (Å²) in [6, 6.07) is 1.21. The fourth-order valence-corrected chi connectivity index (χ4v) is 3.06. The van der Waals surface area contributed by atoms with Crippen LogP contribution in [0.25, 0.3) is 0 Å². The summed E-state index contributed by atoms with van der Waals surface area (Å²) in [5.74, 6) is 1.19. The first-order valence-electron chi connectivity index (χ1n) is 6.00. The molecule has 1 aliphatic heterocycles. The molecule has 3 nitrogen and oxygen atoms in total. The van der Waals surface area contributed by atoms with E-state index in [9.17, 15) is 4.79 Å². The number of ketones is 1. The van der Waals surface area contributed by atoms with Crippen molar-refractivity contribution in [2.24, 2.45) is 5.92 Å². The molecule has 1 saturated heterocycles. The van der Waals surface area contributed by atoms with E-state index in [0.29, 0.717) is 17.9 Å². The summed E-state index contributed by atoms with van der Waals surface area (Å²) in [6.07, 6.45) is 2.70. The van der Waals surface area contributed by atoms with Gasteiger partial charge in [0.15, 0.2) is 0 Å². The normalized spacial score (nSPS) is 38.1. The van der Waals surface area contributed by atoms with Crippen LogP contribution >= 0.6 is 0 Å². The number of carbonyl (C=O) groups excluding carboxylic acids is 1. The monoisotopic (exact) mass is 210 g/mol. The van der Waals surface area contributed by atoms with Gasteiger partial charge in [-0.05, 0) is 26.4 Å². The van der Waals surface area contributed by atoms with Gasteiger partial charge in [0.1, 0.15) is 5.78 Å². The highest BCUT2D eigenvalue weighted by Crippen LogP contribution is 2.28. The van der Waals surface area contributed by atoms with Crippen LogP contribution in [0.2, 0.25) is 0 Å². The summed E-state index contributed by atoms with van der Waals surface area (Å²) < 4.78 is 0. The minimum Gasteiger partial charge on any atom is -0.305 e. The summed E-state index contributed by atoms with van der Waals surface area (Å²) >= 11 is 0. The van der Waals surface area contributed by atoms with Crippen LogP contribution in [0.5, 0.6) is 0 Å². The fourth-order valence-electron chi connectivity index (χ4n) is 3.06. The minimum atomic E-state index is 0.459. The van der Waals surface area contributed by atoms with Crippen molar-refractivity contribution < 1.29 is 4.79 Å². The van der Waals surface area contributed by atoms with Crippen molar-refractivity contribution in [1.82, 2.24) is 9.80 Å². The lowest BCUT2D eigenvalue weighted by Gasteiger charge is -2.24. The number of hydrogen-bond acceptors (Lipinski definition) is 3. The second kappa shape index (κ2) is 4.22. The lowest BCUT2D eigenvalue weighted by molar-refractivity contribution is -0.117. The average Bonchev–Trinajstić information content (AvgIpc) is 2.71. The molecule has 1 heterocycles. The van der Waals surface area contributed by atoms with Crippen molar-refractivity contribution in [3.05, 3.63) is 0 Å². The summed E-state index contributed by atoms with van der Waals surface area (Å²) in [7, 11) is 4.31. The van der Waals surface area contributed by atoms with Gasteiger partial charge in [-0.25, -0.2) is 0 Å². The van der Waals surface area contributed by atoms with Gasteiger partial charge >= 0.3 is 0 Å². The van der Waals surface area contributed by atoms with E-state index in [1.54, 1.807) is 0 Å². The van der Waals surface area contributed by atoms with Gasteiger partial charge in [-0.2, -0.15) is 0 Å². The number of nitrogens with zero attached hydrogens (tertiary/aromatic N) is 2. The van der Waals surface area contributed by atoms with E-state index in [1.165, 1.54) is 6.54 Å². The molecule has 3 heteroatoms. The maximum absolute atomic E-state index is 11.3. The van der Waals surface area contributed by atoms with Gasteiger partial charge in [0.05, 0.1) is 0 Å². The van der Waals surface area contributed by atoms with Crippen LogP contribution in [0.1, 0.15) is 26.2 Å². The Morgan fingerprint density at radius 2 is 2.07 bits per heavy atom. The molecular formula is C12H22N2O. The SMILES string of the molecule is CC1CN(C2CCC(=O)C2)CC1N(C)C. The van der Waals surface area contributed by atoms with Crippen LogP contribution in [-0.2, 0) is 4.79 Å². The topological polar surface area (TPSA) is 23.6 Å². The maximum Gasteiger partial charge on any atom is 0.134 e. The summed E-state index contributed by atoms with van der Waals surface area (Å²) in [4.78, 5) is 16.1. The first-order valence-corrected chi connectivity index (χ1v) is 6.00. The molecule has 3 unspecified atom stereocenters. The fraction of sp³-hybridized carbons (Fsp3) is 0.917. The van der Waals surface area contributed by atoms with E-state index < -0.39 is 0 Å². The van der Waals surface area contributed by atoms with Gasteiger partial charge in [-0.15, -0.1) is 0 Å². The van der Waals surface area contributed by atoms with Gasteiger partial charge in [-0.1, -0.05) is 6.92 Å². The third-order valence-corrected chi connectivity index (χ3v) is 4.00. The van der Waals surface area contributed by atoms with Gasteiger partial charge in [0.2, 0.25) is 0 Å². The highest BCUT2D eigenvalue weighted by molar-refractivity contribution is 5.81. The Bertz CT molecular complexity index is 252. The number of hydrogen-bond donors (Lipinski definition) is 0. The lowest BCUT2D eigenvalue weighted by atomic mass is 10.1. The molecule has 1 aliphatic carbocycles. The molecule has 86 valence electrons. The molecule has 1 saturated carbocycles. The van der Waals surface area contributed by atoms with Gasteiger partial charge < -0.3 is 4.90 Å². The Balaban J connectivity index is 1.94. The van der Waals surface area contributed by atoms with Crippen molar-refractivity contribution in [3.63, 3.8) is 0 Å². The van der Waals surface area contributed by atoms with Crippen LogP contribution < -0.4 is 0 Å². The van der Waals surface area contributed by atoms with Crippen molar-refractivity contribution in [3.8, 4) is 0 Å². The first-order chi connectivity index (χ1) is 7.08. The van der Waals surface area contributed by atoms with Gasteiger partial charge in [-0.3, -0.25) is 9.69 Å². The number of rotatable bonds is 2. The van der Waals surface area contributed by atoms with Gasteiger partial charge in [0.25, 0.3) is 0 Å². The first kappa shape index (κ1) is 11.1. The van der Waals surface area contributed by atoms with Crippen LogP contribution in [0, 0.1) is 5.92 Å². The summed E-state index contributed by atoms with van der Waals surface area (Å²) in [6.45, 7) is 4.63. The molecule has 0 aromatic heterocycles. The van der Waals surface area contributed by atoms with Crippen LogP contribution in [0.3, 0.4) is 0 Å². The highest BCUT2D eigenvalue weighted by atomic mass is 16.1. The predicted molar refractivity (Wildman–Crippen MR) is 60.9 cm³/mol. The van der Waals surface area contributed by atoms with Crippen molar-refractivity contribution in [2.75, 3.05) is 27.2 Å². The largest absolute Gasteiger partial charge is 0.305 e. The molecule has 2 aliphatic rings. The Labute approximate surface area is 92.4 Å². The summed E-state index contributed by atoms with van der Waals surface area (Å²) in [5, 5.41) is 0. The second-order valence-electron chi connectivity index (χ2n) is 5.40. The molecule has 0 N–H and O–H groups in total. The third-order valence-electron chi connectivity index (χ3n) is 4.00. The molecule has 0 radical (unpaired) electrons. The van der Waals surface area contributed by atoms with Gasteiger partial charge in [0, 0.05) is 38.0 Å². The van der Waals surface area contributed by atoms with Crippen molar-refractivity contribution in [1.29, 1.82) is 0 Å². The second-order valence-corrected chi connectivity index (χ2v) is 5.40. The highest BCUT2D eigenvalue weighted by Gasteiger charge is 2.37. The van der Waals surface area contributed by atoms with E-state index in [-0.39, 0.29) is 0 Å². The molecule has 0 bridgehead atoms. The van der Waals surface area contributed by atoms with E-state index in [0.717, 1.165) is 31.7 Å². The van der Waals surface area contributed by atoms with E-state index in [4.69, 9.17) is 0 Å². The smallest absolute Gasteiger partial charge is 0.134 e. The third kappa shape index (κ3) is 2.23. The number of likely N-dealkylation sites (tertiary alicyclic amines) is 1. The Kier molecular flexibility index (Phi) is 3.12. The van der Waals surface area contributed by atoms with E-state index >= 15 is 0 Å². The molecular weight excluding hydrogens is 188 g/mol. The molecule has 15 heavy (non-hydrogen) atoms. The molecule has 0 amide bonds. The van der Waals surface area contributed by atoms with Crippen LogP contribution in [-0.4, -0.2) is 54.9 Å². The molecule has 2 fully saturated rings. The number of likely N-dealkylation sites (N-methyl/N-ethyl adjacent to an activating group) is 1. The number of carbonyl (C=O) groups is 1. The van der Waals surface area contributed by atoms with E-state index in [1.807, 2.05) is 0 Å². The zero-order chi connectivity index (χ0) is 11.0. The Hall–Kier alpha value is -0.410. The minimum absolute atomic E-state index is 0.459. The molecule has 2 rings (SSSR count). The van der Waals surface area contributed by atoms with Crippen molar-refractivity contribution in [2.45, 2.75) is 38.3 Å². The number of Topliss-reactive ketones (excluding diaryl/α,β-unsaturated/α-hetero) is 1. The maximum atomic E-state index is 11.3. The lowest BCUT2D eigenvalue weighted by Crippen LogP contribution is -2.36. The van der Waals surface area contributed by atoms with Crippen molar-refractivity contribution >= 4 is 5.78 Å². The molecule has 0 aromatic carbocycles. The van der Waals surface area contributed by atoms with E-state index in [2.05, 4.69) is 30.8 Å². The average molecular weight is 210 g/mol. The zero-order valence-electron chi connectivity index (χ0n) is 10.1.